The zero-order valence-corrected chi connectivity index (χ0v) is 9.63. The standard InChI is InChI=1S/CH3NO2S2.Ba.2H/c3-1(4)2(5)6;;;/h5-6H,(H,3,4);;;/q;+2;2*-1. The Balaban J connectivity index is -0.0000000417. The second-order valence-corrected chi connectivity index (χ2v) is 1.69. The molecule has 0 fully saturated rings. The first kappa shape index (κ1) is 11.4. The second kappa shape index (κ2) is 5.67. The maximum absolute atomic E-state index is 9.47. The molecule has 3 nitrogen and oxygen atoms in total. The van der Waals surface area contributed by atoms with Gasteiger partial charge in [0.15, 0.2) is 0 Å². The fourth-order valence-electron chi connectivity index (χ4n) is 0. The zero-order chi connectivity index (χ0) is 5.15. The Morgan fingerprint density at radius 2 is 1.86 bits per heavy atom. The van der Waals surface area contributed by atoms with E-state index in [1.807, 2.05) is 0 Å². The molecule has 0 atom stereocenters. The van der Waals surface area contributed by atoms with Crippen LogP contribution in [-0.2, 0) is 0 Å². The molecule has 0 bridgehead atoms. The Morgan fingerprint density at radius 1 is 1.71 bits per heavy atom. The smallest absolute Gasteiger partial charge is 1.00 e. The monoisotopic (exact) mass is 265 g/mol. The van der Waals surface area contributed by atoms with Gasteiger partial charge in [0.25, 0.3) is 0 Å². The molecular weight excluding hydrogens is 259 g/mol. The first-order chi connectivity index (χ1) is 2.64. The van der Waals surface area contributed by atoms with Crippen LogP contribution in [-0.4, -0.2) is 63.8 Å². The third-order valence-corrected chi connectivity index (χ3v) is 0.513. The molecule has 0 aromatic rings. The molecule has 0 aliphatic carbocycles. The molecule has 0 rings (SSSR count). The maximum atomic E-state index is 9.47. The van der Waals surface area contributed by atoms with Gasteiger partial charge < -0.3 is 7.96 Å². The van der Waals surface area contributed by atoms with Crippen molar-refractivity contribution in [3.63, 3.8) is 0 Å². The predicted molar refractivity (Wildman–Crippen MR) is 35.8 cm³/mol. The van der Waals surface area contributed by atoms with Crippen molar-refractivity contribution in [3.8, 4) is 0 Å². The molecule has 0 heterocycles. The summed E-state index contributed by atoms with van der Waals surface area (Å²) in [5.74, 6) is 0. The van der Waals surface area contributed by atoms with Crippen LogP contribution < -0.4 is 0 Å². The Morgan fingerprint density at radius 3 is 1.86 bits per heavy atom. The summed E-state index contributed by atoms with van der Waals surface area (Å²) in [6, 6.07) is 0. The molecule has 0 aromatic heterocycles. The fourth-order valence-corrected chi connectivity index (χ4v) is 0. The summed E-state index contributed by atoms with van der Waals surface area (Å²) in [7, 11) is 0. The van der Waals surface area contributed by atoms with Crippen LogP contribution in [0.5, 0.6) is 0 Å². The molecule has 0 radical (unpaired) electrons. The van der Waals surface area contributed by atoms with E-state index >= 15 is 0 Å². The van der Waals surface area contributed by atoms with Crippen molar-refractivity contribution in [3.05, 3.63) is 0 Å². The van der Waals surface area contributed by atoms with E-state index in [1.54, 1.807) is 0 Å². The summed E-state index contributed by atoms with van der Waals surface area (Å²) in [6.07, 6.45) is -1.18. The largest absolute Gasteiger partial charge is 2.00 e. The number of nitrogens with zero attached hydrogens (tertiary/aromatic N) is 1. The summed E-state index contributed by atoms with van der Waals surface area (Å²) in [5.41, 5.74) is 0. The fraction of sp³-hybridized carbons (Fsp3) is 0. The topological polar surface area (TPSA) is 40.5 Å². The average molecular weight is 265 g/mol. The van der Waals surface area contributed by atoms with Crippen molar-refractivity contribution in [2.45, 2.75) is 0 Å². The van der Waals surface area contributed by atoms with Crippen molar-refractivity contribution >= 4 is 80.6 Å². The molecule has 7 heavy (non-hydrogen) atoms. The number of carbonyl (C=O) groups is 1. The van der Waals surface area contributed by atoms with Crippen LogP contribution in [0.3, 0.4) is 0 Å². The molecular formula is CH5BaNO2S2. The van der Waals surface area contributed by atoms with Gasteiger partial charge in [0.05, 0.1) is 0 Å². The summed E-state index contributed by atoms with van der Waals surface area (Å²) in [6.45, 7) is 0. The summed E-state index contributed by atoms with van der Waals surface area (Å²) in [5, 5.41) is 7.76. The SMILES string of the molecule is O=C(O)N(S)S.[Ba+2].[H-].[H-]. The van der Waals surface area contributed by atoms with Crippen LogP contribution in [0, 0.1) is 0 Å². The van der Waals surface area contributed by atoms with Gasteiger partial charge in [0, 0.05) is 0 Å². The average Bonchev–Trinajstić information content (AvgIpc) is 1.36. The molecule has 0 saturated heterocycles. The minimum atomic E-state index is -1.18. The minimum Gasteiger partial charge on any atom is -1.00 e. The minimum absolute atomic E-state index is 0. The number of hydrogen-bond acceptors (Lipinski definition) is 3. The number of amides is 1. The molecule has 6 heteroatoms. The van der Waals surface area contributed by atoms with E-state index in [0.717, 1.165) is 0 Å². The van der Waals surface area contributed by atoms with Gasteiger partial charge in [-0.05, 0) is 25.6 Å². The molecule has 1 N–H and O–H groups in total. The molecule has 40 valence electrons. The van der Waals surface area contributed by atoms with E-state index in [0.29, 0.717) is 3.71 Å². The van der Waals surface area contributed by atoms with Gasteiger partial charge in [-0.2, -0.15) is 3.71 Å². The number of rotatable bonds is 0. The van der Waals surface area contributed by atoms with Crippen molar-refractivity contribution in [2.24, 2.45) is 0 Å². The summed E-state index contributed by atoms with van der Waals surface area (Å²) in [4.78, 5) is 9.47. The first-order valence-electron chi connectivity index (χ1n) is 1.05. The Labute approximate surface area is 95.6 Å². The zero-order valence-electron chi connectivity index (χ0n) is 5.40. The molecule has 0 aliphatic heterocycles. The normalized spacial score (nSPS) is 6.57. The molecule has 0 saturated carbocycles. The third-order valence-electron chi connectivity index (χ3n) is 0.171. The van der Waals surface area contributed by atoms with Crippen LogP contribution >= 0.6 is 25.6 Å². The molecule has 1 amide bonds. The Bertz CT molecular complexity index is 73.6. The Hall–Kier alpha value is 1.54. The Kier molecular flexibility index (Phi) is 9.20. The van der Waals surface area contributed by atoms with Gasteiger partial charge in [-0.1, -0.05) is 0 Å². The van der Waals surface area contributed by atoms with E-state index in [2.05, 4.69) is 25.6 Å². The second-order valence-electron chi connectivity index (χ2n) is 0.572. The van der Waals surface area contributed by atoms with Crippen LogP contribution in [0.15, 0.2) is 0 Å². The van der Waals surface area contributed by atoms with Crippen molar-refractivity contribution < 1.29 is 12.8 Å². The molecule has 0 spiro atoms. The van der Waals surface area contributed by atoms with Crippen LogP contribution in [0.2, 0.25) is 0 Å². The van der Waals surface area contributed by atoms with Gasteiger partial charge >= 0.3 is 55.0 Å². The van der Waals surface area contributed by atoms with Crippen molar-refractivity contribution in [1.29, 1.82) is 0 Å². The van der Waals surface area contributed by atoms with Crippen molar-refractivity contribution in [1.82, 2.24) is 3.71 Å². The number of carboxylic acid groups (broad SMARTS) is 1. The molecule has 0 aliphatic rings. The first-order valence-corrected chi connectivity index (χ1v) is 1.85. The van der Waals surface area contributed by atoms with Gasteiger partial charge in [-0.15, -0.1) is 0 Å². The maximum Gasteiger partial charge on any atom is 2.00 e. The molecule has 0 aromatic carbocycles. The van der Waals surface area contributed by atoms with E-state index in [-0.39, 0.29) is 51.7 Å². The van der Waals surface area contributed by atoms with Gasteiger partial charge in [-0.3, -0.25) is 0 Å². The van der Waals surface area contributed by atoms with E-state index in [1.165, 1.54) is 0 Å². The predicted octanol–water partition coefficient (Wildman–Crippen LogP) is 0.500. The number of hydrogen-bond donors (Lipinski definition) is 3. The van der Waals surface area contributed by atoms with Crippen LogP contribution in [0.4, 0.5) is 4.79 Å². The van der Waals surface area contributed by atoms with E-state index in [4.69, 9.17) is 5.11 Å². The van der Waals surface area contributed by atoms with E-state index in [9.17, 15) is 4.79 Å². The van der Waals surface area contributed by atoms with Crippen molar-refractivity contribution in [2.75, 3.05) is 0 Å². The van der Waals surface area contributed by atoms with Crippen LogP contribution in [0.1, 0.15) is 2.85 Å². The summed E-state index contributed by atoms with van der Waals surface area (Å²) < 4.78 is 0.472. The van der Waals surface area contributed by atoms with Gasteiger partial charge in [0.2, 0.25) is 0 Å². The van der Waals surface area contributed by atoms with Gasteiger partial charge in [-0.25, -0.2) is 4.79 Å². The quantitative estimate of drug-likeness (QED) is 0.440. The molecule has 0 unspecified atom stereocenters. The number of thiol groups is 2. The third kappa shape index (κ3) is 7.54. The van der Waals surface area contributed by atoms with Gasteiger partial charge in [0.1, 0.15) is 0 Å². The summed E-state index contributed by atoms with van der Waals surface area (Å²) >= 11 is 6.58. The van der Waals surface area contributed by atoms with Crippen LogP contribution in [0.25, 0.3) is 0 Å². The van der Waals surface area contributed by atoms with E-state index < -0.39 is 6.09 Å².